The lowest BCUT2D eigenvalue weighted by Crippen LogP contribution is -2.42. The molecule has 0 spiro atoms. The van der Waals surface area contributed by atoms with E-state index in [0.717, 1.165) is 5.56 Å². The Hall–Kier alpha value is -1.75. The molecule has 0 radical (unpaired) electrons. The molecule has 0 fully saturated rings. The van der Waals surface area contributed by atoms with Gasteiger partial charge >= 0.3 is 0 Å². The van der Waals surface area contributed by atoms with Crippen molar-refractivity contribution in [1.82, 2.24) is 10.3 Å². The fourth-order valence-corrected chi connectivity index (χ4v) is 2.43. The maximum absolute atomic E-state index is 5.34. The van der Waals surface area contributed by atoms with Gasteiger partial charge < -0.3 is 9.47 Å². The molecule has 4 heteroatoms. The Labute approximate surface area is 126 Å². The van der Waals surface area contributed by atoms with E-state index >= 15 is 0 Å². The first-order valence-corrected chi connectivity index (χ1v) is 7.02. The van der Waals surface area contributed by atoms with Crippen LogP contribution in [0.5, 0.6) is 0 Å². The maximum Gasteiger partial charge on any atom is 0.171 e. The summed E-state index contributed by atoms with van der Waals surface area (Å²) in [5, 5.41) is 3.57. The van der Waals surface area contributed by atoms with Crippen molar-refractivity contribution in [3.05, 3.63) is 66.0 Å². The summed E-state index contributed by atoms with van der Waals surface area (Å²) < 4.78 is 10.7. The molecule has 0 aliphatic carbocycles. The maximum atomic E-state index is 5.34. The highest BCUT2D eigenvalue weighted by atomic mass is 16.7. The van der Waals surface area contributed by atoms with Gasteiger partial charge in [-0.15, -0.1) is 0 Å². The normalized spacial score (nSPS) is 14.1. The predicted octanol–water partition coefficient (Wildman–Crippen LogP) is 2.77. The van der Waals surface area contributed by atoms with E-state index in [9.17, 15) is 0 Å². The summed E-state index contributed by atoms with van der Waals surface area (Å²) in [7, 11) is 3.30. The Morgan fingerprint density at radius 3 is 2.05 bits per heavy atom. The highest BCUT2D eigenvalue weighted by Gasteiger charge is 2.22. The van der Waals surface area contributed by atoms with Gasteiger partial charge in [0.25, 0.3) is 0 Å². The van der Waals surface area contributed by atoms with Crippen LogP contribution in [0.15, 0.2) is 54.9 Å². The van der Waals surface area contributed by atoms with E-state index in [1.165, 1.54) is 5.56 Å². The number of hydrogen-bond donors (Lipinski definition) is 1. The summed E-state index contributed by atoms with van der Waals surface area (Å²) >= 11 is 0. The quantitative estimate of drug-likeness (QED) is 0.795. The first-order chi connectivity index (χ1) is 10.3. The molecule has 2 rings (SSSR count). The Morgan fingerprint density at radius 1 is 0.905 bits per heavy atom. The lowest BCUT2D eigenvalue weighted by molar-refractivity contribution is -0.120. The number of pyridine rings is 1. The zero-order valence-corrected chi connectivity index (χ0v) is 12.7. The summed E-state index contributed by atoms with van der Waals surface area (Å²) in [5.74, 6) is 0. The van der Waals surface area contributed by atoms with Gasteiger partial charge in [0.15, 0.2) is 6.29 Å². The topological polar surface area (TPSA) is 43.4 Å². The van der Waals surface area contributed by atoms with Gasteiger partial charge in [0.2, 0.25) is 0 Å². The van der Waals surface area contributed by atoms with Crippen LogP contribution in [-0.4, -0.2) is 31.5 Å². The second kappa shape index (κ2) is 7.88. The summed E-state index contributed by atoms with van der Waals surface area (Å²) in [5.41, 5.74) is 2.36. The van der Waals surface area contributed by atoms with Crippen LogP contribution in [0, 0.1) is 0 Å². The molecule has 2 atom stereocenters. The second-order valence-corrected chi connectivity index (χ2v) is 4.92. The van der Waals surface area contributed by atoms with Crippen molar-refractivity contribution < 1.29 is 9.47 Å². The summed E-state index contributed by atoms with van der Waals surface area (Å²) in [6.07, 6.45) is 3.32. The van der Waals surface area contributed by atoms with Gasteiger partial charge in [-0.1, -0.05) is 30.3 Å². The number of rotatable bonds is 7. The van der Waals surface area contributed by atoms with E-state index in [1.54, 1.807) is 14.2 Å². The van der Waals surface area contributed by atoms with Crippen molar-refractivity contribution in [2.24, 2.45) is 0 Å². The fraction of sp³-hybridized carbons (Fsp3) is 0.353. The molecule has 2 aromatic rings. The molecular weight excluding hydrogens is 264 g/mol. The Balaban J connectivity index is 2.25. The van der Waals surface area contributed by atoms with Crippen molar-refractivity contribution in [2.45, 2.75) is 25.3 Å². The van der Waals surface area contributed by atoms with Crippen LogP contribution in [0.4, 0.5) is 0 Å². The monoisotopic (exact) mass is 286 g/mol. The van der Waals surface area contributed by atoms with E-state index in [2.05, 4.69) is 29.4 Å². The Bertz CT molecular complexity index is 475. The minimum Gasteiger partial charge on any atom is -0.354 e. The minimum absolute atomic E-state index is 0.0402. The first kappa shape index (κ1) is 15.6. The third kappa shape index (κ3) is 4.11. The number of aromatic nitrogens is 1. The number of hydrogen-bond acceptors (Lipinski definition) is 4. The molecule has 4 nitrogen and oxygen atoms in total. The second-order valence-electron chi connectivity index (χ2n) is 4.92. The lowest BCUT2D eigenvalue weighted by atomic mass is 9.99. The molecule has 1 N–H and O–H groups in total. The van der Waals surface area contributed by atoms with Crippen LogP contribution in [0.2, 0.25) is 0 Å². The molecule has 0 amide bonds. The molecule has 21 heavy (non-hydrogen) atoms. The molecule has 112 valence electrons. The summed E-state index contributed by atoms with van der Waals surface area (Å²) in [6.45, 7) is 2.05. The average molecular weight is 286 g/mol. The number of nitrogens with zero attached hydrogens (tertiary/aromatic N) is 1. The van der Waals surface area contributed by atoms with Gasteiger partial charge in [-0.3, -0.25) is 10.3 Å². The highest BCUT2D eigenvalue weighted by Crippen LogP contribution is 2.22. The van der Waals surface area contributed by atoms with E-state index in [1.807, 2.05) is 42.7 Å². The van der Waals surface area contributed by atoms with E-state index < -0.39 is 0 Å². The van der Waals surface area contributed by atoms with Crippen molar-refractivity contribution in [2.75, 3.05) is 14.2 Å². The summed E-state index contributed by atoms with van der Waals surface area (Å²) in [6, 6.07) is 14.5. The largest absolute Gasteiger partial charge is 0.354 e. The fourth-order valence-electron chi connectivity index (χ4n) is 2.43. The zero-order chi connectivity index (χ0) is 15.1. The molecular formula is C17H22N2O2. The molecule has 1 aromatic heterocycles. The van der Waals surface area contributed by atoms with Crippen LogP contribution in [-0.2, 0) is 9.47 Å². The molecule has 2 unspecified atom stereocenters. The van der Waals surface area contributed by atoms with E-state index in [0.29, 0.717) is 0 Å². The molecule has 1 aromatic carbocycles. The third-order valence-electron chi connectivity index (χ3n) is 3.47. The zero-order valence-electron chi connectivity index (χ0n) is 12.7. The van der Waals surface area contributed by atoms with Crippen LogP contribution in [0.25, 0.3) is 0 Å². The number of ether oxygens (including phenoxy) is 2. The molecule has 0 bridgehead atoms. The van der Waals surface area contributed by atoms with Crippen LogP contribution in [0.1, 0.15) is 24.1 Å². The van der Waals surface area contributed by atoms with E-state index in [4.69, 9.17) is 9.47 Å². The van der Waals surface area contributed by atoms with Crippen LogP contribution >= 0.6 is 0 Å². The molecule has 0 aliphatic rings. The van der Waals surface area contributed by atoms with Crippen molar-refractivity contribution in [1.29, 1.82) is 0 Å². The minimum atomic E-state index is -0.293. The number of nitrogens with one attached hydrogen (secondary N) is 1. The lowest BCUT2D eigenvalue weighted by Gasteiger charge is -2.28. The number of benzene rings is 1. The van der Waals surface area contributed by atoms with E-state index in [-0.39, 0.29) is 18.4 Å². The Morgan fingerprint density at radius 2 is 1.48 bits per heavy atom. The number of methoxy groups -OCH3 is 2. The van der Waals surface area contributed by atoms with Gasteiger partial charge in [-0.05, 0) is 30.2 Å². The van der Waals surface area contributed by atoms with Gasteiger partial charge in [0.05, 0.1) is 12.1 Å². The molecule has 1 heterocycles. The van der Waals surface area contributed by atoms with Crippen LogP contribution in [0.3, 0.4) is 0 Å². The summed E-state index contributed by atoms with van der Waals surface area (Å²) in [4.78, 5) is 4.09. The molecule has 0 saturated carbocycles. The molecule has 0 saturated heterocycles. The molecule has 0 aliphatic heterocycles. The van der Waals surface area contributed by atoms with Gasteiger partial charge in [0, 0.05) is 26.6 Å². The Kier molecular flexibility index (Phi) is 5.87. The third-order valence-corrected chi connectivity index (χ3v) is 3.47. The van der Waals surface area contributed by atoms with Gasteiger partial charge in [-0.2, -0.15) is 0 Å². The first-order valence-electron chi connectivity index (χ1n) is 7.02. The smallest absolute Gasteiger partial charge is 0.171 e. The average Bonchev–Trinajstić information content (AvgIpc) is 2.55. The van der Waals surface area contributed by atoms with Gasteiger partial charge in [0.1, 0.15) is 0 Å². The van der Waals surface area contributed by atoms with Crippen LogP contribution < -0.4 is 5.32 Å². The van der Waals surface area contributed by atoms with Crippen molar-refractivity contribution >= 4 is 0 Å². The SMILES string of the molecule is COC(OC)C(C)NC(c1ccccc1)c1ccncc1. The predicted molar refractivity (Wildman–Crippen MR) is 82.9 cm³/mol. The van der Waals surface area contributed by atoms with Crippen molar-refractivity contribution in [3.8, 4) is 0 Å². The standard InChI is InChI=1S/C17H22N2O2/c1-13(17(20-2)21-3)19-16(14-7-5-4-6-8-14)15-9-11-18-12-10-15/h4-13,16-17,19H,1-3H3. The van der Waals surface area contributed by atoms with Crippen molar-refractivity contribution in [3.63, 3.8) is 0 Å². The highest BCUT2D eigenvalue weighted by molar-refractivity contribution is 5.30. The van der Waals surface area contributed by atoms with Gasteiger partial charge in [-0.25, -0.2) is 0 Å².